The Hall–Kier alpha value is -3.27. The van der Waals surface area contributed by atoms with Crippen LogP contribution in [-0.4, -0.2) is 17.3 Å². The lowest BCUT2D eigenvalue weighted by Crippen LogP contribution is -2.40. The number of benzene rings is 2. The van der Waals surface area contributed by atoms with Gasteiger partial charge in [-0.2, -0.15) is 0 Å². The van der Waals surface area contributed by atoms with E-state index in [1.54, 1.807) is 24.3 Å². The van der Waals surface area contributed by atoms with Crippen LogP contribution in [0.15, 0.2) is 77.1 Å². The monoisotopic (exact) mass is 355 g/mol. The number of hydrogen-bond donors (Lipinski definition) is 1. The molecule has 4 nitrogen and oxygen atoms in total. The Balaban J connectivity index is 1.77. The van der Waals surface area contributed by atoms with Gasteiger partial charge >= 0.3 is 0 Å². The number of fused-ring (bicyclic) bond motifs is 1. The topological polar surface area (TPSA) is 63.2 Å². The van der Waals surface area contributed by atoms with Crippen LogP contribution in [0.4, 0.5) is 0 Å². The fraction of sp³-hybridized carbons (Fsp3) is 0.174. The Morgan fingerprint density at radius 2 is 1.41 bits per heavy atom. The molecule has 0 saturated carbocycles. The van der Waals surface area contributed by atoms with Crippen molar-refractivity contribution in [2.45, 2.75) is 25.2 Å². The van der Waals surface area contributed by atoms with Crippen molar-refractivity contribution >= 4 is 17.3 Å². The van der Waals surface area contributed by atoms with E-state index in [0.29, 0.717) is 40.8 Å². The predicted octanol–water partition coefficient (Wildman–Crippen LogP) is 3.71. The average molecular weight is 355 g/mol. The Morgan fingerprint density at radius 1 is 0.741 bits per heavy atom. The van der Waals surface area contributed by atoms with Gasteiger partial charge in [-0.3, -0.25) is 14.4 Å². The molecule has 1 heterocycles. The number of Topliss-reactive ketones (excluding diaryl/α,β-unsaturated/α-hetero) is 3. The highest BCUT2D eigenvalue weighted by atomic mass is 16.1. The highest BCUT2D eigenvalue weighted by Gasteiger charge is 2.44. The van der Waals surface area contributed by atoms with Crippen LogP contribution in [0, 0.1) is 0 Å². The van der Waals surface area contributed by atoms with Crippen molar-refractivity contribution in [3.05, 3.63) is 93.8 Å². The second-order valence-corrected chi connectivity index (χ2v) is 7.13. The molecular formula is C23H17NO3. The first kappa shape index (κ1) is 15.9. The minimum Gasteiger partial charge on any atom is -0.355 e. The maximum absolute atomic E-state index is 13.4. The number of dihydropyridines is 1. The second-order valence-electron chi connectivity index (χ2n) is 7.13. The molecule has 1 atom stereocenters. The number of hydrogen-bond acceptors (Lipinski definition) is 4. The number of carbonyl (C=O) groups excluding carboxylic acids is 3. The minimum absolute atomic E-state index is 0.0586. The van der Waals surface area contributed by atoms with Crippen molar-refractivity contribution < 1.29 is 14.4 Å². The summed E-state index contributed by atoms with van der Waals surface area (Å²) in [6.45, 7) is 0. The smallest absolute Gasteiger partial charge is 0.210 e. The third-order valence-corrected chi connectivity index (χ3v) is 5.60. The van der Waals surface area contributed by atoms with Crippen molar-refractivity contribution in [1.29, 1.82) is 0 Å². The molecule has 3 aliphatic rings. The van der Waals surface area contributed by atoms with Crippen molar-refractivity contribution in [3.63, 3.8) is 0 Å². The second kappa shape index (κ2) is 5.88. The van der Waals surface area contributed by atoms with Crippen LogP contribution in [0.25, 0.3) is 0 Å². The van der Waals surface area contributed by atoms with Gasteiger partial charge in [0.05, 0.1) is 5.70 Å². The lowest BCUT2D eigenvalue weighted by Gasteiger charge is -2.36. The lowest BCUT2D eigenvalue weighted by molar-refractivity contribution is -0.116. The molecule has 0 amide bonds. The fourth-order valence-corrected chi connectivity index (χ4v) is 4.40. The number of nitrogens with one attached hydrogen (secondary N) is 1. The van der Waals surface area contributed by atoms with Gasteiger partial charge in [-0.25, -0.2) is 0 Å². The van der Waals surface area contributed by atoms with Crippen molar-refractivity contribution in [1.82, 2.24) is 5.32 Å². The zero-order valence-electron chi connectivity index (χ0n) is 14.6. The van der Waals surface area contributed by atoms with Gasteiger partial charge in [-0.15, -0.1) is 0 Å². The van der Waals surface area contributed by atoms with Crippen LogP contribution < -0.4 is 5.32 Å². The quantitative estimate of drug-likeness (QED) is 0.847. The molecule has 1 N–H and O–H groups in total. The summed E-state index contributed by atoms with van der Waals surface area (Å²) in [5.41, 5.74) is 3.88. The molecule has 2 aliphatic carbocycles. The largest absolute Gasteiger partial charge is 0.355 e. The van der Waals surface area contributed by atoms with Crippen molar-refractivity contribution in [2.75, 3.05) is 0 Å². The van der Waals surface area contributed by atoms with Gasteiger partial charge in [0.1, 0.15) is 0 Å². The van der Waals surface area contributed by atoms with E-state index in [-0.39, 0.29) is 17.3 Å². The molecule has 0 aromatic heterocycles. The van der Waals surface area contributed by atoms with Crippen LogP contribution in [0.2, 0.25) is 0 Å². The van der Waals surface area contributed by atoms with Gasteiger partial charge < -0.3 is 5.32 Å². The van der Waals surface area contributed by atoms with Crippen LogP contribution in [0.1, 0.15) is 51.5 Å². The number of rotatable bonds is 1. The molecule has 0 bridgehead atoms. The van der Waals surface area contributed by atoms with Crippen molar-refractivity contribution in [3.8, 4) is 0 Å². The SMILES string of the molecule is O=C1CCCC2=C1C(c1ccccc1)C1=C(N2)C(=O)c2ccccc2C1=O. The highest BCUT2D eigenvalue weighted by molar-refractivity contribution is 6.28. The molecule has 0 saturated heterocycles. The summed E-state index contributed by atoms with van der Waals surface area (Å²) in [5, 5.41) is 3.18. The molecule has 132 valence electrons. The summed E-state index contributed by atoms with van der Waals surface area (Å²) < 4.78 is 0. The van der Waals surface area contributed by atoms with Crippen molar-refractivity contribution in [2.24, 2.45) is 0 Å². The van der Waals surface area contributed by atoms with Gasteiger partial charge in [-0.05, 0) is 18.4 Å². The molecule has 0 fully saturated rings. The van der Waals surface area contributed by atoms with E-state index >= 15 is 0 Å². The summed E-state index contributed by atoms with van der Waals surface area (Å²) in [6.07, 6.45) is 1.95. The minimum atomic E-state index is -0.491. The summed E-state index contributed by atoms with van der Waals surface area (Å²) in [5.74, 6) is -0.782. The van der Waals surface area contributed by atoms with E-state index in [2.05, 4.69) is 5.32 Å². The molecule has 0 radical (unpaired) electrons. The molecular weight excluding hydrogens is 338 g/mol. The predicted molar refractivity (Wildman–Crippen MR) is 100 cm³/mol. The molecule has 5 rings (SSSR count). The Kier molecular flexibility index (Phi) is 3.47. The molecule has 0 spiro atoms. The maximum atomic E-state index is 13.4. The average Bonchev–Trinajstić information content (AvgIpc) is 2.71. The molecule has 4 heteroatoms. The van der Waals surface area contributed by atoms with E-state index in [1.807, 2.05) is 30.3 Å². The highest BCUT2D eigenvalue weighted by Crippen LogP contribution is 2.45. The van der Waals surface area contributed by atoms with E-state index in [1.165, 1.54) is 0 Å². The Labute approximate surface area is 156 Å². The molecule has 27 heavy (non-hydrogen) atoms. The maximum Gasteiger partial charge on any atom is 0.210 e. The third kappa shape index (κ3) is 2.26. The summed E-state index contributed by atoms with van der Waals surface area (Å²) in [6, 6.07) is 16.4. The standard InChI is InChI=1S/C23H17NO3/c25-17-12-6-11-16-19(17)18(13-7-2-1-3-8-13)20-21(24-16)23(27)15-10-5-4-9-14(15)22(20)26/h1-5,7-10,18,24H,6,11-12H2. The molecule has 1 aliphatic heterocycles. The van der Waals surface area contributed by atoms with Crippen LogP contribution in [-0.2, 0) is 4.79 Å². The molecule has 1 unspecified atom stereocenters. The zero-order valence-corrected chi connectivity index (χ0v) is 14.6. The van der Waals surface area contributed by atoms with E-state index in [9.17, 15) is 14.4 Å². The number of ketones is 3. The fourth-order valence-electron chi connectivity index (χ4n) is 4.40. The van der Waals surface area contributed by atoms with Gasteiger partial charge in [0.15, 0.2) is 11.6 Å². The van der Waals surface area contributed by atoms with E-state index < -0.39 is 5.92 Å². The molecule has 2 aromatic rings. The van der Waals surface area contributed by atoms with E-state index in [0.717, 1.165) is 17.7 Å². The first-order chi connectivity index (χ1) is 13.2. The molecule has 2 aromatic carbocycles. The van der Waals surface area contributed by atoms with Crippen LogP contribution in [0.3, 0.4) is 0 Å². The van der Waals surface area contributed by atoms with Gasteiger partial charge in [0, 0.05) is 40.3 Å². The number of allylic oxidation sites excluding steroid dienone is 4. The van der Waals surface area contributed by atoms with Crippen LogP contribution in [0.5, 0.6) is 0 Å². The Bertz CT molecular complexity index is 1080. The zero-order chi connectivity index (χ0) is 18.5. The van der Waals surface area contributed by atoms with Crippen LogP contribution >= 0.6 is 0 Å². The number of carbonyl (C=O) groups is 3. The van der Waals surface area contributed by atoms with Gasteiger partial charge in [0.2, 0.25) is 5.78 Å². The van der Waals surface area contributed by atoms with Gasteiger partial charge in [0.25, 0.3) is 0 Å². The summed E-state index contributed by atoms with van der Waals surface area (Å²) in [4.78, 5) is 39.3. The summed E-state index contributed by atoms with van der Waals surface area (Å²) >= 11 is 0. The lowest BCUT2D eigenvalue weighted by atomic mass is 9.70. The van der Waals surface area contributed by atoms with Gasteiger partial charge in [-0.1, -0.05) is 54.6 Å². The summed E-state index contributed by atoms with van der Waals surface area (Å²) in [7, 11) is 0. The first-order valence-corrected chi connectivity index (χ1v) is 9.17. The third-order valence-electron chi connectivity index (χ3n) is 5.60. The Morgan fingerprint density at radius 3 is 2.15 bits per heavy atom. The normalized spacial score (nSPS) is 21.5. The first-order valence-electron chi connectivity index (χ1n) is 9.17. The van der Waals surface area contributed by atoms with E-state index in [4.69, 9.17) is 0 Å².